The summed E-state index contributed by atoms with van der Waals surface area (Å²) >= 11 is 0. The van der Waals surface area contributed by atoms with E-state index < -0.39 is 33.8 Å². The molecule has 0 unspecified atom stereocenters. The summed E-state index contributed by atoms with van der Waals surface area (Å²) < 4.78 is 57.8. The molecule has 3 heterocycles. The van der Waals surface area contributed by atoms with Crippen molar-refractivity contribution >= 4 is 27.2 Å². The number of cyclic esters (lactones) is 1. The molecule has 1 aromatic heterocycles. The monoisotopic (exact) mass is 424 g/mol. The average molecular weight is 424 g/mol. The van der Waals surface area contributed by atoms with Crippen molar-refractivity contribution in [2.24, 2.45) is 0 Å². The van der Waals surface area contributed by atoms with Crippen molar-refractivity contribution in [2.75, 3.05) is 23.0 Å². The first kappa shape index (κ1) is 19.5. The Morgan fingerprint density at radius 3 is 2.72 bits per heavy atom. The number of amides is 1. The quantitative estimate of drug-likeness (QED) is 0.746. The minimum Gasteiger partial charge on any atom is -0.442 e. The SMILES string of the molecule is Cc1nnn(C[C@H]2CN(c3ccc(C4=CCS(=O)(=O)CC4)c(F)c3)C(=O)O2)c1F. The molecular formula is C18H18F2N4O4S. The van der Waals surface area contributed by atoms with Gasteiger partial charge in [0.1, 0.15) is 17.6 Å². The summed E-state index contributed by atoms with van der Waals surface area (Å²) in [6.45, 7) is 1.58. The number of aryl methyl sites for hydroxylation is 1. The smallest absolute Gasteiger partial charge is 0.414 e. The van der Waals surface area contributed by atoms with E-state index in [4.69, 9.17) is 4.74 Å². The number of anilines is 1. The van der Waals surface area contributed by atoms with Crippen LogP contribution in [-0.2, 0) is 21.1 Å². The van der Waals surface area contributed by atoms with Gasteiger partial charge in [-0.25, -0.2) is 22.3 Å². The summed E-state index contributed by atoms with van der Waals surface area (Å²) in [6, 6.07) is 4.31. The number of allylic oxidation sites excluding steroid dienone is 1. The molecule has 0 radical (unpaired) electrons. The van der Waals surface area contributed by atoms with Crippen molar-refractivity contribution in [3.63, 3.8) is 0 Å². The number of hydrogen-bond acceptors (Lipinski definition) is 6. The first-order valence-corrected chi connectivity index (χ1v) is 10.8. The second-order valence-corrected chi connectivity index (χ2v) is 9.25. The molecule has 4 rings (SSSR count). The van der Waals surface area contributed by atoms with E-state index in [-0.39, 0.29) is 36.7 Å². The minimum atomic E-state index is -3.11. The average Bonchev–Trinajstić information content (AvgIpc) is 3.19. The van der Waals surface area contributed by atoms with E-state index in [9.17, 15) is 22.0 Å². The molecule has 1 aromatic carbocycles. The minimum absolute atomic E-state index is 0.00314. The van der Waals surface area contributed by atoms with Crippen molar-refractivity contribution in [2.45, 2.75) is 26.0 Å². The van der Waals surface area contributed by atoms with E-state index in [0.29, 0.717) is 16.8 Å². The summed E-state index contributed by atoms with van der Waals surface area (Å²) in [5.74, 6) is -1.28. The lowest BCUT2D eigenvalue weighted by molar-refractivity contribution is 0.126. The number of rotatable bonds is 4. The molecule has 1 saturated heterocycles. The Labute approximate surface area is 165 Å². The fraction of sp³-hybridized carbons (Fsp3) is 0.389. The summed E-state index contributed by atoms with van der Waals surface area (Å²) in [6.07, 6.45) is 0.440. The third kappa shape index (κ3) is 3.86. The van der Waals surface area contributed by atoms with Crippen LogP contribution in [-0.4, -0.2) is 53.7 Å². The Morgan fingerprint density at radius 1 is 1.31 bits per heavy atom. The molecule has 0 N–H and O–H groups in total. The Balaban J connectivity index is 1.50. The number of hydrogen-bond donors (Lipinski definition) is 0. The number of carbonyl (C=O) groups excluding carboxylic acids is 1. The second-order valence-electron chi connectivity index (χ2n) is 7.02. The zero-order valence-corrected chi connectivity index (χ0v) is 16.3. The fourth-order valence-electron chi connectivity index (χ4n) is 3.38. The van der Waals surface area contributed by atoms with Crippen molar-refractivity contribution in [1.82, 2.24) is 15.0 Å². The Hall–Kier alpha value is -2.82. The van der Waals surface area contributed by atoms with E-state index in [1.165, 1.54) is 30.0 Å². The number of sulfone groups is 1. The highest BCUT2D eigenvalue weighted by Gasteiger charge is 2.34. The molecule has 1 amide bonds. The predicted octanol–water partition coefficient (Wildman–Crippen LogP) is 2.09. The molecular weight excluding hydrogens is 406 g/mol. The van der Waals surface area contributed by atoms with Gasteiger partial charge < -0.3 is 4.74 Å². The van der Waals surface area contributed by atoms with E-state index in [0.717, 1.165) is 4.68 Å². The first-order valence-electron chi connectivity index (χ1n) is 8.96. The van der Waals surface area contributed by atoms with Crippen LogP contribution in [0.4, 0.5) is 19.3 Å². The summed E-state index contributed by atoms with van der Waals surface area (Å²) in [5, 5.41) is 7.28. The maximum atomic E-state index is 14.7. The lowest BCUT2D eigenvalue weighted by atomic mass is 10.0. The molecule has 2 aromatic rings. The van der Waals surface area contributed by atoms with Gasteiger partial charge in [-0.3, -0.25) is 4.90 Å². The first-order chi connectivity index (χ1) is 13.7. The van der Waals surface area contributed by atoms with Gasteiger partial charge in [0, 0.05) is 5.56 Å². The van der Waals surface area contributed by atoms with Crippen molar-refractivity contribution < 1.29 is 26.7 Å². The van der Waals surface area contributed by atoms with Crippen LogP contribution in [0.15, 0.2) is 24.3 Å². The fourth-order valence-corrected chi connectivity index (χ4v) is 4.53. The van der Waals surface area contributed by atoms with Crippen LogP contribution >= 0.6 is 0 Å². The molecule has 154 valence electrons. The van der Waals surface area contributed by atoms with Crippen LogP contribution in [0.3, 0.4) is 0 Å². The normalized spacial score (nSPS) is 21.2. The molecule has 0 bridgehead atoms. The van der Waals surface area contributed by atoms with Gasteiger partial charge in [-0.05, 0) is 37.1 Å². The van der Waals surface area contributed by atoms with E-state index >= 15 is 0 Å². The van der Waals surface area contributed by atoms with E-state index in [1.54, 1.807) is 6.07 Å². The summed E-state index contributed by atoms with van der Waals surface area (Å²) in [5.41, 5.74) is 1.39. The third-order valence-corrected chi connectivity index (χ3v) is 6.46. The molecule has 1 atom stereocenters. The molecule has 8 nitrogen and oxygen atoms in total. The van der Waals surface area contributed by atoms with Gasteiger partial charge in [-0.2, -0.15) is 4.39 Å². The number of nitrogens with zero attached hydrogens (tertiary/aromatic N) is 4. The summed E-state index contributed by atoms with van der Waals surface area (Å²) in [4.78, 5) is 13.5. The topological polar surface area (TPSA) is 94.4 Å². The number of aromatic nitrogens is 3. The van der Waals surface area contributed by atoms with Crippen LogP contribution in [0.25, 0.3) is 5.57 Å². The van der Waals surface area contributed by atoms with Crippen LogP contribution in [0, 0.1) is 18.7 Å². The highest BCUT2D eigenvalue weighted by atomic mass is 32.2. The molecule has 2 aliphatic rings. The Bertz CT molecular complexity index is 1110. The van der Waals surface area contributed by atoms with Gasteiger partial charge in [-0.1, -0.05) is 11.3 Å². The van der Waals surface area contributed by atoms with Gasteiger partial charge >= 0.3 is 6.09 Å². The molecule has 0 aliphatic carbocycles. The highest BCUT2D eigenvalue weighted by molar-refractivity contribution is 7.91. The van der Waals surface area contributed by atoms with Gasteiger partial charge in [0.15, 0.2) is 9.84 Å². The maximum Gasteiger partial charge on any atom is 0.414 e. The zero-order chi connectivity index (χ0) is 20.8. The van der Waals surface area contributed by atoms with Crippen molar-refractivity contribution in [3.8, 4) is 0 Å². The van der Waals surface area contributed by atoms with Gasteiger partial charge in [0.25, 0.3) is 0 Å². The largest absolute Gasteiger partial charge is 0.442 e. The van der Waals surface area contributed by atoms with Gasteiger partial charge in [0.2, 0.25) is 5.95 Å². The molecule has 2 aliphatic heterocycles. The molecule has 0 saturated carbocycles. The lowest BCUT2D eigenvalue weighted by Crippen LogP contribution is -2.26. The van der Waals surface area contributed by atoms with Crippen LogP contribution in [0.5, 0.6) is 0 Å². The lowest BCUT2D eigenvalue weighted by Gasteiger charge is -2.17. The number of ether oxygens (including phenoxy) is 1. The standard InChI is InChI=1S/C18H18F2N4O4S/c1-11-17(20)24(22-21-11)10-14-9-23(18(25)28-14)13-2-3-15(16(19)8-13)12-4-6-29(26,27)7-5-12/h2-4,8,14H,5-7,9-10H2,1H3/t14-/m1/s1. The van der Waals surface area contributed by atoms with Crippen LogP contribution in [0.1, 0.15) is 17.7 Å². The zero-order valence-electron chi connectivity index (χ0n) is 15.5. The number of carbonyl (C=O) groups is 1. The molecule has 29 heavy (non-hydrogen) atoms. The molecule has 0 spiro atoms. The molecule has 1 fully saturated rings. The summed E-state index contributed by atoms with van der Waals surface area (Å²) in [7, 11) is -3.11. The Kier molecular flexibility index (Phi) is 4.85. The molecule has 11 heteroatoms. The Morgan fingerprint density at radius 2 is 2.10 bits per heavy atom. The van der Waals surface area contributed by atoms with E-state index in [1.807, 2.05) is 0 Å². The third-order valence-electron chi connectivity index (χ3n) is 4.95. The second kappa shape index (κ2) is 7.21. The number of halogens is 2. The van der Waals surface area contributed by atoms with Gasteiger partial charge in [0.05, 0.1) is 30.3 Å². The van der Waals surface area contributed by atoms with E-state index in [2.05, 4.69) is 10.3 Å². The van der Waals surface area contributed by atoms with Crippen molar-refractivity contribution in [1.29, 1.82) is 0 Å². The number of benzene rings is 1. The van der Waals surface area contributed by atoms with Crippen LogP contribution < -0.4 is 4.90 Å². The van der Waals surface area contributed by atoms with Crippen molar-refractivity contribution in [3.05, 3.63) is 47.3 Å². The van der Waals surface area contributed by atoms with Gasteiger partial charge in [-0.15, -0.1) is 5.10 Å². The highest BCUT2D eigenvalue weighted by Crippen LogP contribution is 2.30. The predicted molar refractivity (Wildman–Crippen MR) is 100.0 cm³/mol. The maximum absolute atomic E-state index is 14.7. The van der Waals surface area contributed by atoms with Crippen LogP contribution in [0.2, 0.25) is 0 Å².